The van der Waals surface area contributed by atoms with E-state index in [-0.39, 0.29) is 16.6 Å². The first-order valence-electron chi connectivity index (χ1n) is 7.08. The van der Waals surface area contributed by atoms with Crippen LogP contribution < -0.4 is 10.3 Å². The number of carbonyl (C=O) groups is 1. The standard InChI is InChI=1S/C16H20N2O3S/c1-11-4-8-14(9-5-11)22(20,21)18-17-10-15-12(2)6-7-13(3)16(15)19/h4-5,8-10,13,17-18H,2,6-7H2,1,3H3/b15-10-. The molecule has 118 valence electrons. The summed E-state index contributed by atoms with van der Waals surface area (Å²) in [4.78, 5) is 14.5. The highest BCUT2D eigenvalue weighted by atomic mass is 32.2. The van der Waals surface area contributed by atoms with Crippen molar-refractivity contribution in [1.82, 2.24) is 10.3 Å². The summed E-state index contributed by atoms with van der Waals surface area (Å²) in [7, 11) is -3.67. The van der Waals surface area contributed by atoms with Gasteiger partial charge in [0.05, 0.1) is 4.90 Å². The number of aryl methyl sites for hydroxylation is 1. The SMILES string of the molecule is C=C1CCC(C)C(=O)/C1=C\NNS(=O)(=O)c1ccc(C)cc1. The van der Waals surface area contributed by atoms with Crippen molar-refractivity contribution in [3.8, 4) is 0 Å². The summed E-state index contributed by atoms with van der Waals surface area (Å²) in [5.41, 5.74) is 4.66. The average molecular weight is 320 g/mol. The van der Waals surface area contributed by atoms with Crippen LogP contribution in [0.25, 0.3) is 0 Å². The lowest BCUT2D eigenvalue weighted by molar-refractivity contribution is -0.119. The van der Waals surface area contributed by atoms with Crippen molar-refractivity contribution < 1.29 is 13.2 Å². The molecule has 0 amide bonds. The van der Waals surface area contributed by atoms with Crippen molar-refractivity contribution in [3.05, 3.63) is 53.8 Å². The van der Waals surface area contributed by atoms with E-state index in [4.69, 9.17) is 0 Å². The van der Waals surface area contributed by atoms with Crippen LogP contribution in [0.4, 0.5) is 0 Å². The molecular weight excluding hydrogens is 300 g/mol. The fourth-order valence-electron chi connectivity index (χ4n) is 2.22. The molecule has 0 bridgehead atoms. The number of allylic oxidation sites excluding steroid dienone is 2. The van der Waals surface area contributed by atoms with Gasteiger partial charge in [-0.3, -0.25) is 4.79 Å². The van der Waals surface area contributed by atoms with Crippen molar-refractivity contribution in [3.63, 3.8) is 0 Å². The van der Waals surface area contributed by atoms with Crippen molar-refractivity contribution in [2.45, 2.75) is 31.6 Å². The van der Waals surface area contributed by atoms with Crippen LogP contribution in [0.15, 0.2) is 53.1 Å². The summed E-state index contributed by atoms with van der Waals surface area (Å²) in [5, 5.41) is 0. The number of nitrogens with one attached hydrogen (secondary N) is 2. The molecule has 0 aromatic heterocycles. The number of Topliss-reactive ketones (excluding diaryl/α,β-unsaturated/α-hetero) is 1. The summed E-state index contributed by atoms with van der Waals surface area (Å²) in [6.07, 6.45) is 2.90. The van der Waals surface area contributed by atoms with Gasteiger partial charge in [-0.25, -0.2) is 8.42 Å². The molecule has 1 fully saturated rings. The number of benzene rings is 1. The average Bonchev–Trinajstić information content (AvgIpc) is 2.47. The lowest BCUT2D eigenvalue weighted by Crippen LogP contribution is -2.35. The third-order valence-electron chi connectivity index (χ3n) is 3.71. The second kappa shape index (κ2) is 6.46. The fraction of sp³-hybridized carbons (Fsp3) is 0.312. The Morgan fingerprint density at radius 2 is 1.91 bits per heavy atom. The Morgan fingerprint density at radius 1 is 1.27 bits per heavy atom. The Balaban J connectivity index is 2.09. The van der Waals surface area contributed by atoms with Crippen LogP contribution in [0, 0.1) is 12.8 Å². The van der Waals surface area contributed by atoms with Gasteiger partial charge in [0.25, 0.3) is 10.0 Å². The molecule has 1 aromatic carbocycles. The molecule has 1 aromatic rings. The first kappa shape index (κ1) is 16.5. The van der Waals surface area contributed by atoms with E-state index in [0.29, 0.717) is 5.57 Å². The van der Waals surface area contributed by atoms with E-state index in [1.165, 1.54) is 18.3 Å². The molecule has 0 heterocycles. The monoisotopic (exact) mass is 320 g/mol. The van der Waals surface area contributed by atoms with Crippen LogP contribution in [0.5, 0.6) is 0 Å². The number of sulfonamides is 1. The minimum atomic E-state index is -3.67. The zero-order chi connectivity index (χ0) is 16.3. The predicted octanol–water partition coefficient (Wildman–Crippen LogP) is 2.22. The molecule has 1 unspecified atom stereocenters. The normalized spacial score (nSPS) is 21.2. The molecule has 0 aliphatic heterocycles. The third-order valence-corrected chi connectivity index (χ3v) is 4.99. The fourth-order valence-corrected chi connectivity index (χ4v) is 3.05. The summed E-state index contributed by atoms with van der Waals surface area (Å²) in [6, 6.07) is 6.50. The van der Waals surface area contributed by atoms with Crippen molar-refractivity contribution in [2.75, 3.05) is 0 Å². The van der Waals surface area contributed by atoms with Gasteiger partial charge in [0.2, 0.25) is 0 Å². The lowest BCUT2D eigenvalue weighted by Gasteiger charge is -2.21. The number of hydrogen-bond acceptors (Lipinski definition) is 4. The van der Waals surface area contributed by atoms with Gasteiger partial charge >= 0.3 is 0 Å². The molecule has 2 N–H and O–H groups in total. The summed E-state index contributed by atoms with van der Waals surface area (Å²) in [5.74, 6) is -0.0782. The molecule has 0 radical (unpaired) electrons. The smallest absolute Gasteiger partial charge is 0.257 e. The molecule has 1 atom stereocenters. The quantitative estimate of drug-likeness (QED) is 0.659. The van der Waals surface area contributed by atoms with Crippen LogP contribution in [-0.4, -0.2) is 14.2 Å². The first-order chi connectivity index (χ1) is 10.3. The van der Waals surface area contributed by atoms with Crippen molar-refractivity contribution in [1.29, 1.82) is 0 Å². The number of carbonyl (C=O) groups excluding carboxylic acids is 1. The van der Waals surface area contributed by atoms with Crippen LogP contribution in [0.2, 0.25) is 0 Å². The van der Waals surface area contributed by atoms with E-state index in [9.17, 15) is 13.2 Å². The maximum absolute atomic E-state index is 12.1. The van der Waals surface area contributed by atoms with E-state index in [0.717, 1.165) is 24.0 Å². The molecule has 6 heteroatoms. The summed E-state index contributed by atoms with van der Waals surface area (Å²) < 4.78 is 24.2. The van der Waals surface area contributed by atoms with Crippen LogP contribution >= 0.6 is 0 Å². The molecule has 22 heavy (non-hydrogen) atoms. The summed E-state index contributed by atoms with van der Waals surface area (Å²) >= 11 is 0. The first-order valence-corrected chi connectivity index (χ1v) is 8.56. The van der Waals surface area contributed by atoms with Gasteiger partial charge in [-0.15, -0.1) is 4.83 Å². The van der Waals surface area contributed by atoms with Gasteiger partial charge in [0, 0.05) is 17.7 Å². The van der Waals surface area contributed by atoms with Gasteiger partial charge in [-0.1, -0.05) is 31.2 Å². The van der Waals surface area contributed by atoms with Crippen LogP contribution in [0.3, 0.4) is 0 Å². The van der Waals surface area contributed by atoms with Gasteiger partial charge in [-0.2, -0.15) is 0 Å². The van der Waals surface area contributed by atoms with Gasteiger partial charge < -0.3 is 5.43 Å². The maximum Gasteiger partial charge on any atom is 0.257 e. The molecular formula is C16H20N2O3S. The number of ketones is 1. The summed E-state index contributed by atoms with van der Waals surface area (Å²) in [6.45, 7) is 7.60. The zero-order valence-electron chi connectivity index (χ0n) is 12.7. The highest BCUT2D eigenvalue weighted by molar-refractivity contribution is 7.89. The Hall–Kier alpha value is -1.92. The molecule has 0 saturated heterocycles. The third kappa shape index (κ3) is 3.64. The Kier molecular flexibility index (Phi) is 4.83. The van der Waals surface area contributed by atoms with Crippen molar-refractivity contribution in [2.24, 2.45) is 5.92 Å². The second-order valence-corrected chi connectivity index (χ2v) is 7.21. The minimum Gasteiger partial charge on any atom is -0.314 e. The molecule has 1 saturated carbocycles. The maximum atomic E-state index is 12.1. The predicted molar refractivity (Wildman–Crippen MR) is 85.3 cm³/mol. The Morgan fingerprint density at radius 3 is 2.55 bits per heavy atom. The molecule has 5 nitrogen and oxygen atoms in total. The zero-order valence-corrected chi connectivity index (χ0v) is 13.5. The van der Waals surface area contributed by atoms with Crippen LogP contribution in [0.1, 0.15) is 25.3 Å². The topological polar surface area (TPSA) is 75.3 Å². The Labute approximate surface area is 131 Å². The molecule has 2 rings (SSSR count). The lowest BCUT2D eigenvalue weighted by atomic mass is 9.83. The highest BCUT2D eigenvalue weighted by Crippen LogP contribution is 2.27. The van der Waals surface area contributed by atoms with E-state index < -0.39 is 10.0 Å². The molecule has 0 spiro atoms. The van der Waals surface area contributed by atoms with Crippen molar-refractivity contribution >= 4 is 15.8 Å². The van der Waals surface area contributed by atoms with E-state index >= 15 is 0 Å². The highest BCUT2D eigenvalue weighted by Gasteiger charge is 2.25. The van der Waals surface area contributed by atoms with Crippen LogP contribution in [-0.2, 0) is 14.8 Å². The van der Waals surface area contributed by atoms with E-state index in [1.807, 2.05) is 13.8 Å². The van der Waals surface area contributed by atoms with Gasteiger partial charge in [-0.05, 0) is 37.5 Å². The van der Waals surface area contributed by atoms with E-state index in [2.05, 4.69) is 16.8 Å². The van der Waals surface area contributed by atoms with Gasteiger partial charge in [0.15, 0.2) is 5.78 Å². The number of hydrogen-bond donors (Lipinski definition) is 2. The van der Waals surface area contributed by atoms with Gasteiger partial charge in [0.1, 0.15) is 0 Å². The molecule has 1 aliphatic rings. The van der Waals surface area contributed by atoms with E-state index in [1.54, 1.807) is 12.1 Å². The number of hydrazine groups is 1. The largest absolute Gasteiger partial charge is 0.314 e. The minimum absolute atomic E-state index is 0.0155. The number of rotatable bonds is 4. The molecule has 1 aliphatic carbocycles. The Bertz CT molecular complexity index is 718. The second-order valence-electron chi connectivity index (χ2n) is 5.53.